The van der Waals surface area contributed by atoms with Gasteiger partial charge in [-0.1, -0.05) is 29.3 Å². The predicted octanol–water partition coefficient (Wildman–Crippen LogP) is 5.86. The highest BCUT2D eigenvalue weighted by Gasteiger charge is 2.21. The molecule has 1 atom stereocenters. The van der Waals surface area contributed by atoms with Gasteiger partial charge in [-0.05, 0) is 45.3 Å². The molecule has 0 spiro atoms. The Bertz CT molecular complexity index is 691. The second-order valence-electron chi connectivity index (χ2n) is 4.55. The minimum absolute atomic E-state index is 0.401. The van der Waals surface area contributed by atoms with Crippen LogP contribution >= 0.6 is 50.7 Å². The molecule has 0 aromatic heterocycles. The number of benzene rings is 2. The van der Waals surface area contributed by atoms with E-state index in [4.69, 9.17) is 44.3 Å². The van der Waals surface area contributed by atoms with E-state index in [9.17, 15) is 0 Å². The predicted molar refractivity (Wildman–Crippen MR) is 89.3 cm³/mol. The Morgan fingerprint density at radius 1 is 0.952 bits per heavy atom. The number of fused-ring (bicyclic) bond motifs is 1. The van der Waals surface area contributed by atoms with Crippen LogP contribution in [0.5, 0.6) is 11.5 Å². The van der Waals surface area contributed by atoms with Crippen molar-refractivity contribution in [3.63, 3.8) is 0 Å². The third-order valence-corrected chi connectivity index (χ3v) is 5.20. The van der Waals surface area contributed by atoms with Crippen LogP contribution in [0.2, 0.25) is 10.0 Å². The Hall–Kier alpha value is -0.610. The van der Waals surface area contributed by atoms with Crippen molar-refractivity contribution in [3.05, 3.63) is 56.0 Å². The average Bonchev–Trinajstić information content (AvgIpc) is 2.48. The molecule has 3 rings (SSSR count). The van der Waals surface area contributed by atoms with Crippen LogP contribution in [0, 0.1) is 0 Å². The fraction of sp³-hybridized carbons (Fsp3) is 0.200. The van der Waals surface area contributed by atoms with Crippen LogP contribution in [0.3, 0.4) is 0 Å². The molecule has 1 unspecified atom stereocenters. The molecular weight excluding hydrogens is 398 g/mol. The summed E-state index contributed by atoms with van der Waals surface area (Å²) < 4.78 is 11.9. The molecule has 2 aromatic rings. The number of hydrogen-bond donors (Lipinski definition) is 0. The fourth-order valence-corrected chi connectivity index (χ4v) is 3.27. The van der Waals surface area contributed by atoms with E-state index in [-0.39, 0.29) is 0 Å². The second-order valence-corrected chi connectivity index (χ2v) is 6.66. The number of hydrogen-bond acceptors (Lipinski definition) is 2. The van der Waals surface area contributed by atoms with Crippen molar-refractivity contribution < 1.29 is 9.47 Å². The molecule has 0 aliphatic carbocycles. The Morgan fingerprint density at radius 3 is 2.29 bits per heavy atom. The monoisotopic (exact) mass is 406 g/mol. The van der Waals surface area contributed by atoms with E-state index in [1.807, 2.05) is 18.2 Å². The van der Waals surface area contributed by atoms with Crippen molar-refractivity contribution in [2.75, 3.05) is 13.2 Å². The molecule has 0 radical (unpaired) electrons. The topological polar surface area (TPSA) is 18.5 Å². The number of rotatable bonds is 2. The molecule has 1 aliphatic heterocycles. The SMILES string of the molecule is Clc1ccc(C(Cl)c2cc3c(cc2Cl)OCCO3)cc1Br. The van der Waals surface area contributed by atoms with E-state index in [2.05, 4.69) is 15.9 Å². The molecule has 0 saturated heterocycles. The van der Waals surface area contributed by atoms with Gasteiger partial charge in [0.1, 0.15) is 13.2 Å². The van der Waals surface area contributed by atoms with E-state index in [0.29, 0.717) is 34.8 Å². The highest BCUT2D eigenvalue weighted by atomic mass is 79.9. The maximum absolute atomic E-state index is 6.56. The zero-order valence-corrected chi connectivity index (χ0v) is 14.6. The zero-order valence-electron chi connectivity index (χ0n) is 10.7. The summed E-state index contributed by atoms with van der Waals surface area (Å²) in [4.78, 5) is 0. The summed E-state index contributed by atoms with van der Waals surface area (Å²) in [5.74, 6) is 1.32. The molecule has 0 amide bonds. The van der Waals surface area contributed by atoms with Crippen molar-refractivity contribution in [2.24, 2.45) is 0 Å². The maximum atomic E-state index is 6.56. The molecule has 0 fully saturated rings. The quantitative estimate of drug-likeness (QED) is 0.580. The summed E-state index contributed by atoms with van der Waals surface area (Å²) in [6.45, 7) is 1.05. The largest absolute Gasteiger partial charge is 0.486 e. The Morgan fingerprint density at radius 2 is 1.62 bits per heavy atom. The number of alkyl halides is 1. The normalized spacial score (nSPS) is 14.9. The fourth-order valence-electron chi connectivity index (χ4n) is 2.12. The van der Waals surface area contributed by atoms with Crippen molar-refractivity contribution >= 4 is 50.7 Å². The van der Waals surface area contributed by atoms with Crippen molar-refractivity contribution in [3.8, 4) is 11.5 Å². The van der Waals surface area contributed by atoms with Crippen LogP contribution in [0.4, 0.5) is 0 Å². The van der Waals surface area contributed by atoms with Gasteiger partial charge in [-0.15, -0.1) is 11.6 Å². The Labute approximate surface area is 146 Å². The lowest BCUT2D eigenvalue weighted by molar-refractivity contribution is 0.171. The third-order valence-electron chi connectivity index (χ3n) is 3.17. The van der Waals surface area contributed by atoms with Gasteiger partial charge in [0.15, 0.2) is 11.5 Å². The van der Waals surface area contributed by atoms with E-state index in [1.54, 1.807) is 12.1 Å². The minimum atomic E-state index is -0.401. The first-order valence-electron chi connectivity index (χ1n) is 6.24. The van der Waals surface area contributed by atoms with E-state index in [0.717, 1.165) is 15.6 Å². The van der Waals surface area contributed by atoms with Gasteiger partial charge in [0.25, 0.3) is 0 Å². The van der Waals surface area contributed by atoms with Gasteiger partial charge >= 0.3 is 0 Å². The molecule has 6 heteroatoms. The molecule has 21 heavy (non-hydrogen) atoms. The lowest BCUT2D eigenvalue weighted by Gasteiger charge is -2.21. The zero-order chi connectivity index (χ0) is 15.0. The molecular formula is C15H10BrCl3O2. The van der Waals surface area contributed by atoms with E-state index >= 15 is 0 Å². The first-order chi connectivity index (χ1) is 10.1. The lowest BCUT2D eigenvalue weighted by atomic mass is 10.0. The highest BCUT2D eigenvalue weighted by Crippen LogP contribution is 2.42. The van der Waals surface area contributed by atoms with E-state index in [1.165, 1.54) is 0 Å². The van der Waals surface area contributed by atoms with Gasteiger partial charge in [-0.3, -0.25) is 0 Å². The number of ether oxygens (including phenoxy) is 2. The van der Waals surface area contributed by atoms with Crippen LogP contribution in [-0.4, -0.2) is 13.2 Å². The van der Waals surface area contributed by atoms with Gasteiger partial charge in [0.2, 0.25) is 0 Å². The molecule has 1 aliphatic rings. The molecule has 1 heterocycles. The Kier molecular flexibility index (Phi) is 4.55. The van der Waals surface area contributed by atoms with Crippen LogP contribution in [-0.2, 0) is 0 Å². The van der Waals surface area contributed by atoms with Gasteiger partial charge in [0.05, 0.1) is 10.4 Å². The van der Waals surface area contributed by atoms with Crippen LogP contribution < -0.4 is 9.47 Å². The smallest absolute Gasteiger partial charge is 0.162 e. The van der Waals surface area contributed by atoms with Gasteiger partial charge in [-0.2, -0.15) is 0 Å². The van der Waals surface area contributed by atoms with Gasteiger partial charge in [0, 0.05) is 15.6 Å². The maximum Gasteiger partial charge on any atom is 0.162 e. The van der Waals surface area contributed by atoms with Gasteiger partial charge < -0.3 is 9.47 Å². The van der Waals surface area contributed by atoms with Crippen molar-refractivity contribution in [2.45, 2.75) is 5.38 Å². The summed E-state index contributed by atoms with van der Waals surface area (Å²) in [5.41, 5.74) is 1.67. The number of halogens is 4. The molecule has 0 bridgehead atoms. The summed E-state index contributed by atoms with van der Waals surface area (Å²) >= 11 is 22.3. The van der Waals surface area contributed by atoms with Crippen LogP contribution in [0.1, 0.15) is 16.5 Å². The summed E-state index contributed by atoms with van der Waals surface area (Å²) in [7, 11) is 0. The summed E-state index contributed by atoms with van der Waals surface area (Å²) in [5, 5.41) is 0.781. The molecule has 0 N–H and O–H groups in total. The van der Waals surface area contributed by atoms with Gasteiger partial charge in [-0.25, -0.2) is 0 Å². The summed E-state index contributed by atoms with van der Waals surface area (Å²) in [6, 6.07) is 9.12. The second kappa shape index (κ2) is 6.25. The third kappa shape index (κ3) is 3.11. The first-order valence-corrected chi connectivity index (χ1v) is 8.23. The average molecular weight is 409 g/mol. The van der Waals surface area contributed by atoms with Crippen molar-refractivity contribution in [1.82, 2.24) is 0 Å². The van der Waals surface area contributed by atoms with Crippen LogP contribution in [0.25, 0.3) is 0 Å². The summed E-state index contributed by atoms with van der Waals surface area (Å²) in [6.07, 6.45) is 0. The molecule has 0 saturated carbocycles. The van der Waals surface area contributed by atoms with E-state index < -0.39 is 5.38 Å². The minimum Gasteiger partial charge on any atom is -0.486 e. The van der Waals surface area contributed by atoms with Crippen molar-refractivity contribution in [1.29, 1.82) is 0 Å². The lowest BCUT2D eigenvalue weighted by Crippen LogP contribution is -2.15. The van der Waals surface area contributed by atoms with Crippen LogP contribution in [0.15, 0.2) is 34.8 Å². The molecule has 2 aromatic carbocycles. The first kappa shape index (κ1) is 15.3. The molecule has 110 valence electrons. The molecule has 2 nitrogen and oxygen atoms in total. The standard InChI is InChI=1S/C15H10BrCl3O2/c16-10-5-8(1-2-11(10)17)15(19)9-6-13-14(7-12(9)18)21-4-3-20-13/h1-2,5-7,15H,3-4H2. The highest BCUT2D eigenvalue weighted by molar-refractivity contribution is 9.10. The Balaban J connectivity index is 2.00.